The molecule has 4 aromatic heterocycles. The van der Waals surface area contributed by atoms with Crippen LogP contribution in [0, 0.1) is 23.9 Å². The molecule has 73 heavy (non-hydrogen) atoms. The van der Waals surface area contributed by atoms with Crippen molar-refractivity contribution >= 4 is 54.6 Å². The van der Waals surface area contributed by atoms with E-state index in [2.05, 4.69) is 18.5 Å². The van der Waals surface area contributed by atoms with Crippen molar-refractivity contribution < 1.29 is 56.4 Å². The third kappa shape index (κ3) is 7.94. The van der Waals surface area contributed by atoms with Crippen molar-refractivity contribution in [3.63, 3.8) is 0 Å². The van der Waals surface area contributed by atoms with Crippen molar-refractivity contribution in [2.75, 3.05) is 0 Å². The Bertz CT molecular complexity index is 5140. The summed E-state index contributed by atoms with van der Waals surface area (Å²) in [6.07, 6.45) is 5.00. The number of nitrogens with zero attached hydrogens (tertiary/aromatic N) is 5. The maximum absolute atomic E-state index is 9.57. The summed E-state index contributed by atoms with van der Waals surface area (Å²) in [5.74, 6) is -0.274. The van der Waals surface area contributed by atoms with E-state index in [-0.39, 0.29) is 82.3 Å². The van der Waals surface area contributed by atoms with Gasteiger partial charge in [0.15, 0.2) is 0 Å². The molecule has 0 saturated heterocycles. The first-order chi connectivity index (χ1) is 43.1. The van der Waals surface area contributed by atoms with Gasteiger partial charge >= 0.3 is 0 Å². The number of ether oxygens (including phenoxy) is 1. The largest absolute Gasteiger partial charge is 0.510 e. The number of hydrogen-bond acceptors (Lipinski definition) is 2. The third-order valence-electron chi connectivity index (χ3n) is 13.0. The predicted molar refractivity (Wildman–Crippen MR) is 293 cm³/mol. The number of rotatable bonds is 9. The molecule has 0 aliphatic heterocycles. The van der Waals surface area contributed by atoms with E-state index in [0.29, 0.717) is 55.6 Å². The average Bonchev–Trinajstić information content (AvgIpc) is 1.52. The third-order valence-corrected chi connectivity index (χ3v) is 13.0. The molecule has 0 bridgehead atoms. The zero-order chi connectivity index (χ0) is 65.1. The number of pyridine rings is 1. The molecule has 1 unspecified atom stereocenters. The molecule has 0 aliphatic rings. The first kappa shape index (κ1) is 29.3. The Balaban J connectivity index is 0.00000816. The van der Waals surface area contributed by atoms with Gasteiger partial charge in [0.2, 0.25) is 0 Å². The van der Waals surface area contributed by atoms with Crippen LogP contribution in [0.25, 0.3) is 99.8 Å². The summed E-state index contributed by atoms with van der Waals surface area (Å²) in [6.45, 7) is 7.77. The van der Waals surface area contributed by atoms with Gasteiger partial charge in [-0.3, -0.25) is 4.57 Å². The first-order valence-electron chi connectivity index (χ1n) is 32.5. The Morgan fingerprint density at radius 2 is 1.23 bits per heavy atom. The molecule has 7 heteroatoms. The number of aromatic nitrogens is 5. The molecule has 0 saturated carbocycles. The van der Waals surface area contributed by atoms with Gasteiger partial charge in [-0.05, 0) is 92.6 Å². The monoisotopic (exact) mass is 1140 g/mol. The van der Waals surface area contributed by atoms with E-state index in [4.69, 9.17) is 31.7 Å². The number of hydrogen-bond donors (Lipinski definition) is 0. The predicted octanol–water partition coefficient (Wildman–Crippen LogP) is 16.2. The minimum atomic E-state index is -1.10. The van der Waals surface area contributed by atoms with Gasteiger partial charge in [0.05, 0.1) is 52.4 Å². The summed E-state index contributed by atoms with van der Waals surface area (Å²) in [6, 6.07) is 26.2. The molecule has 0 aliphatic carbocycles. The average molecular weight is 1140 g/mol. The van der Waals surface area contributed by atoms with Crippen LogP contribution in [-0.4, -0.2) is 18.7 Å². The van der Waals surface area contributed by atoms with Gasteiger partial charge in [-0.15, -0.1) is 29.7 Å². The summed E-state index contributed by atoms with van der Waals surface area (Å²) in [7, 11) is 0. The maximum Gasteiger partial charge on any atom is 0.268 e. The Morgan fingerprint density at radius 3 is 1.93 bits per heavy atom. The Hall–Kier alpha value is -8.31. The minimum Gasteiger partial charge on any atom is -0.510 e. The molecule has 13 rings (SSSR count). The van der Waals surface area contributed by atoms with Crippen molar-refractivity contribution in [3.8, 4) is 56.6 Å². The summed E-state index contributed by atoms with van der Waals surface area (Å²) in [4.78, 5) is 4.85. The molecule has 0 fully saturated rings. The summed E-state index contributed by atoms with van der Waals surface area (Å²) < 4.78 is 181. The zero-order valence-corrected chi connectivity index (χ0v) is 41.6. The van der Waals surface area contributed by atoms with Crippen LogP contribution in [0.3, 0.4) is 0 Å². The fourth-order valence-corrected chi connectivity index (χ4v) is 9.34. The van der Waals surface area contributed by atoms with Crippen LogP contribution < -0.4 is 9.30 Å². The first-order valence-corrected chi connectivity index (χ1v) is 23.0. The molecule has 1 atom stereocenters. The van der Waals surface area contributed by atoms with Gasteiger partial charge in [-0.2, -0.15) is 18.2 Å². The van der Waals surface area contributed by atoms with Gasteiger partial charge in [-0.25, -0.2) is 4.98 Å². The second-order valence-corrected chi connectivity index (χ2v) is 18.1. The summed E-state index contributed by atoms with van der Waals surface area (Å²) in [5.41, 5.74) is 2.60. The Morgan fingerprint density at radius 1 is 0.589 bits per heavy atom. The molecule has 4 heterocycles. The molecule has 0 N–H and O–H groups in total. The van der Waals surface area contributed by atoms with E-state index in [1.54, 1.807) is 88.1 Å². The van der Waals surface area contributed by atoms with Gasteiger partial charge in [-0.1, -0.05) is 172 Å². The summed E-state index contributed by atoms with van der Waals surface area (Å²) in [5, 5.41) is 1.06. The fraction of sp³-hybridized carbons (Fsp3) is 0.0909. The van der Waals surface area contributed by atoms with Gasteiger partial charge in [0, 0.05) is 62.1 Å². The van der Waals surface area contributed by atoms with E-state index in [0.717, 1.165) is 0 Å². The molecular formula is C66H49N5OPt-2. The molecule has 0 radical (unpaired) electrons. The SMILES string of the molecule is [2H]c1c([2H])c([2H])c(-c2cccc(-c3c([2H])c([2H])c([2H])c([2H])c3[2H])c2-[n+]2[c-]n(-c3[c-]c(Oc4[c-]c5c(cc4)c4cc(-n6c7c([2H])c([2H])c([2H])c([2H])c7c7c([2H])c([2H])c([2H])c([2H])c76)ccc4n5-c4cc(C([2H])(C)C(C)(C)C)ccn4)ccc3)c3ccccc32)c([2H])c1[2H].[Pt]. The van der Waals surface area contributed by atoms with Crippen LogP contribution in [-0.2, 0) is 21.1 Å². The molecule has 356 valence electrons. The standard InChI is InChI=1S/C66H49N5O.Pt/c1-44(66(2,3)4)47-37-38-67-64(39-47)71-60-36-33-49(70-58-29-13-11-25-54(58)55-26-12-14-30-59(55)70)41-57(60)56-35-34-51(42-63(56)71)72-50-24-17-23-48(40-50)68-43-69(62-32-16-15-31-61(62)68)65-52(45-19-7-5-8-20-45)27-18-28-53(65)46-21-9-6-10-22-46;/h5-39,41,44H,1-4H3;/q-2;/i5D,6D,7D,8D,9D,10D,11D,12D,13D,14D,19D,20D,21D,22D,25D,26D,29D,30D,44D;. The fourth-order valence-electron chi connectivity index (χ4n) is 9.34. The Labute approximate surface area is 466 Å². The van der Waals surface area contributed by atoms with Gasteiger partial charge in [0.1, 0.15) is 5.82 Å². The Kier molecular flexibility index (Phi) is 7.37. The molecular weight excluding hydrogens is 1070 g/mol. The molecule has 0 amide bonds. The second-order valence-electron chi connectivity index (χ2n) is 18.1. The van der Waals surface area contributed by atoms with Gasteiger partial charge in [0.25, 0.3) is 6.33 Å². The van der Waals surface area contributed by atoms with Crippen LogP contribution in [0.5, 0.6) is 11.5 Å². The van der Waals surface area contributed by atoms with E-state index in [9.17, 15) is 4.11 Å². The van der Waals surface area contributed by atoms with Crippen molar-refractivity contribution in [1.29, 1.82) is 0 Å². The maximum atomic E-state index is 9.57. The van der Waals surface area contributed by atoms with Crippen LogP contribution >= 0.6 is 0 Å². The van der Waals surface area contributed by atoms with E-state index < -0.39 is 120 Å². The van der Waals surface area contributed by atoms with Crippen molar-refractivity contribution in [3.05, 3.63) is 242 Å². The van der Waals surface area contributed by atoms with E-state index >= 15 is 0 Å². The molecule has 0 spiro atoms. The molecule has 6 nitrogen and oxygen atoms in total. The van der Waals surface area contributed by atoms with Crippen LogP contribution in [0.4, 0.5) is 0 Å². The van der Waals surface area contributed by atoms with Crippen molar-refractivity contribution in [1.82, 2.24) is 18.7 Å². The van der Waals surface area contributed by atoms with Crippen LogP contribution in [0.2, 0.25) is 0 Å². The van der Waals surface area contributed by atoms with Crippen molar-refractivity contribution in [2.24, 2.45) is 5.41 Å². The normalized spacial score (nSPS) is 16.3. The van der Waals surface area contributed by atoms with Crippen LogP contribution in [0.15, 0.2) is 218 Å². The van der Waals surface area contributed by atoms with Crippen molar-refractivity contribution in [2.45, 2.75) is 33.6 Å². The van der Waals surface area contributed by atoms with E-state index in [1.165, 1.54) is 22.8 Å². The zero-order valence-electron chi connectivity index (χ0n) is 58.4. The topological polar surface area (TPSA) is 40.8 Å². The van der Waals surface area contributed by atoms with E-state index in [1.807, 2.05) is 44.4 Å². The minimum absolute atomic E-state index is 0. The van der Waals surface area contributed by atoms with Gasteiger partial charge < -0.3 is 18.4 Å². The number of para-hydroxylation sites is 5. The quantitative estimate of drug-likeness (QED) is 0.107. The molecule has 9 aromatic carbocycles. The number of imidazole rings is 1. The second kappa shape index (κ2) is 18.4. The number of fused-ring (bicyclic) bond motifs is 7. The number of benzene rings is 9. The smallest absolute Gasteiger partial charge is 0.268 e. The molecule has 13 aromatic rings. The van der Waals surface area contributed by atoms with Crippen LogP contribution in [0.1, 0.15) is 65.2 Å². The summed E-state index contributed by atoms with van der Waals surface area (Å²) >= 11 is 0.